The molecule has 156 valence electrons. The topological polar surface area (TPSA) is 116 Å². The third kappa shape index (κ3) is 4.81. The number of nitrogens with one attached hydrogen (secondary N) is 1. The number of tetrazole rings is 1. The second-order valence-corrected chi connectivity index (χ2v) is 7.63. The highest BCUT2D eigenvalue weighted by Crippen LogP contribution is 2.26. The van der Waals surface area contributed by atoms with Gasteiger partial charge in [-0.2, -0.15) is 4.80 Å². The maximum Gasteiger partial charge on any atom is 0.248 e. The lowest BCUT2D eigenvalue weighted by Crippen LogP contribution is -2.32. The van der Waals surface area contributed by atoms with Crippen LogP contribution in [0.3, 0.4) is 0 Å². The summed E-state index contributed by atoms with van der Waals surface area (Å²) in [6.07, 6.45) is 0. The van der Waals surface area contributed by atoms with E-state index < -0.39 is 11.9 Å². The van der Waals surface area contributed by atoms with Gasteiger partial charge < -0.3 is 11.1 Å². The van der Waals surface area contributed by atoms with E-state index in [0.717, 1.165) is 10.4 Å². The largest absolute Gasteiger partial charge is 0.366 e. The average Bonchev–Trinajstić information content (AvgIpc) is 3.45. The molecule has 0 aliphatic rings. The van der Waals surface area contributed by atoms with E-state index in [4.69, 9.17) is 5.73 Å². The molecule has 4 aromatic rings. The summed E-state index contributed by atoms with van der Waals surface area (Å²) in [5, 5.41) is 16.9. The summed E-state index contributed by atoms with van der Waals surface area (Å²) in [6, 6.07) is 15.8. The third-order valence-electron chi connectivity index (χ3n) is 4.50. The molecule has 4 rings (SSSR count). The Morgan fingerprint density at radius 1 is 1.10 bits per heavy atom. The summed E-state index contributed by atoms with van der Waals surface area (Å²) < 4.78 is 13.3. The minimum absolute atomic E-state index is 0.143. The number of hydrogen-bond donors (Lipinski definition) is 2. The summed E-state index contributed by atoms with van der Waals surface area (Å²) in [5.74, 6) is -0.877. The second kappa shape index (κ2) is 8.84. The Kier molecular flexibility index (Phi) is 5.80. The molecular formula is C21H17FN6O2S. The third-order valence-corrected chi connectivity index (χ3v) is 5.44. The molecule has 10 heteroatoms. The van der Waals surface area contributed by atoms with Gasteiger partial charge in [-0.05, 0) is 46.5 Å². The summed E-state index contributed by atoms with van der Waals surface area (Å²) in [5.41, 5.74) is 7.01. The Hall–Kier alpha value is -3.92. The molecule has 1 atom stereocenters. The van der Waals surface area contributed by atoms with Crippen molar-refractivity contribution in [3.8, 4) is 11.4 Å². The van der Waals surface area contributed by atoms with Crippen LogP contribution >= 0.6 is 11.3 Å². The molecule has 2 amide bonds. The zero-order valence-corrected chi connectivity index (χ0v) is 16.9. The first-order valence-electron chi connectivity index (χ1n) is 9.26. The van der Waals surface area contributed by atoms with Crippen molar-refractivity contribution in [3.63, 3.8) is 0 Å². The van der Waals surface area contributed by atoms with Crippen LogP contribution in [0.25, 0.3) is 11.4 Å². The van der Waals surface area contributed by atoms with Crippen LogP contribution < -0.4 is 11.1 Å². The molecule has 0 spiro atoms. The first-order chi connectivity index (χ1) is 15.0. The lowest BCUT2D eigenvalue weighted by molar-refractivity contribution is -0.122. The summed E-state index contributed by atoms with van der Waals surface area (Å²) >= 11 is 1.49. The number of nitrogens with two attached hydrogens (primary N) is 1. The van der Waals surface area contributed by atoms with Crippen LogP contribution in [0.1, 0.15) is 26.8 Å². The highest BCUT2D eigenvalue weighted by atomic mass is 32.1. The molecule has 0 unspecified atom stereocenters. The number of hydrogen-bond acceptors (Lipinski definition) is 6. The number of halogens is 1. The number of nitrogens with zero attached hydrogens (tertiary/aromatic N) is 4. The van der Waals surface area contributed by atoms with Gasteiger partial charge in [-0.1, -0.05) is 30.3 Å². The summed E-state index contributed by atoms with van der Waals surface area (Å²) in [4.78, 5) is 25.9. The van der Waals surface area contributed by atoms with Crippen LogP contribution in [0, 0.1) is 5.82 Å². The molecule has 3 N–H and O–H groups in total. The molecule has 0 fully saturated rings. The molecule has 0 radical (unpaired) electrons. The number of benzene rings is 2. The maximum atomic E-state index is 13.3. The van der Waals surface area contributed by atoms with Crippen molar-refractivity contribution in [2.75, 3.05) is 0 Å². The van der Waals surface area contributed by atoms with E-state index in [1.807, 2.05) is 17.5 Å². The number of amides is 2. The minimum Gasteiger partial charge on any atom is -0.366 e. The van der Waals surface area contributed by atoms with E-state index in [1.54, 1.807) is 36.4 Å². The Labute approximate surface area is 180 Å². The minimum atomic E-state index is -0.527. The van der Waals surface area contributed by atoms with Crippen LogP contribution in [0.5, 0.6) is 0 Å². The normalized spacial score (nSPS) is 11.8. The zero-order valence-electron chi connectivity index (χ0n) is 16.1. The van der Waals surface area contributed by atoms with E-state index in [2.05, 4.69) is 20.7 Å². The number of carbonyl (C=O) groups excluding carboxylic acids is 2. The van der Waals surface area contributed by atoms with Crippen molar-refractivity contribution in [3.05, 3.63) is 87.9 Å². The van der Waals surface area contributed by atoms with Crippen LogP contribution in [-0.2, 0) is 11.3 Å². The molecule has 2 heterocycles. The van der Waals surface area contributed by atoms with Gasteiger partial charge >= 0.3 is 0 Å². The SMILES string of the molecule is NC(=O)c1ccc(-c2nnn(CC(=O)N[C@H](c3ccc(F)cc3)c3cccs3)n2)cc1. The molecule has 2 aromatic carbocycles. The highest BCUT2D eigenvalue weighted by molar-refractivity contribution is 7.10. The number of rotatable bonds is 7. The summed E-state index contributed by atoms with van der Waals surface area (Å²) in [7, 11) is 0. The standard InChI is InChI=1S/C21H17FN6O2S/c22-16-9-7-13(8-10-16)19(17-2-1-11-31-17)24-18(29)12-28-26-21(25-27-28)15-5-3-14(4-6-15)20(23)30/h1-11,19H,12H2,(H2,23,30)(H,24,29)/t19-/m1/s1. The highest BCUT2D eigenvalue weighted by Gasteiger charge is 2.19. The molecule has 31 heavy (non-hydrogen) atoms. The van der Waals surface area contributed by atoms with Crippen LogP contribution in [-0.4, -0.2) is 32.0 Å². The number of aromatic nitrogens is 4. The predicted octanol–water partition coefficient (Wildman–Crippen LogP) is 2.55. The number of thiophene rings is 1. The van der Waals surface area contributed by atoms with E-state index in [0.29, 0.717) is 17.0 Å². The second-order valence-electron chi connectivity index (χ2n) is 6.65. The van der Waals surface area contributed by atoms with Gasteiger partial charge in [0, 0.05) is 16.0 Å². The van der Waals surface area contributed by atoms with Crippen molar-refractivity contribution in [1.29, 1.82) is 0 Å². The van der Waals surface area contributed by atoms with Crippen LogP contribution in [0.2, 0.25) is 0 Å². The average molecular weight is 436 g/mol. The molecule has 0 bridgehead atoms. The lowest BCUT2D eigenvalue weighted by atomic mass is 10.1. The quantitative estimate of drug-likeness (QED) is 0.462. The number of carbonyl (C=O) groups is 2. The zero-order chi connectivity index (χ0) is 21.8. The van der Waals surface area contributed by atoms with Crippen molar-refractivity contribution >= 4 is 23.2 Å². The molecule has 0 saturated heterocycles. The number of primary amides is 1. The van der Waals surface area contributed by atoms with Gasteiger partial charge in [0.25, 0.3) is 0 Å². The van der Waals surface area contributed by atoms with Crippen molar-refractivity contribution in [1.82, 2.24) is 25.5 Å². The Balaban J connectivity index is 1.47. The van der Waals surface area contributed by atoms with Gasteiger partial charge in [0.05, 0.1) is 6.04 Å². The van der Waals surface area contributed by atoms with Crippen LogP contribution in [0.4, 0.5) is 4.39 Å². The maximum absolute atomic E-state index is 13.3. The molecule has 0 aliphatic heterocycles. The monoisotopic (exact) mass is 436 g/mol. The van der Waals surface area contributed by atoms with Crippen molar-refractivity contribution in [2.45, 2.75) is 12.6 Å². The molecule has 0 saturated carbocycles. The smallest absolute Gasteiger partial charge is 0.248 e. The van der Waals surface area contributed by atoms with Crippen LogP contribution in [0.15, 0.2) is 66.0 Å². The molecular weight excluding hydrogens is 419 g/mol. The van der Waals surface area contributed by atoms with E-state index in [1.165, 1.54) is 28.3 Å². The van der Waals surface area contributed by atoms with Gasteiger partial charge in [-0.15, -0.1) is 21.5 Å². The summed E-state index contributed by atoms with van der Waals surface area (Å²) in [6.45, 7) is -0.143. The Morgan fingerprint density at radius 3 is 2.48 bits per heavy atom. The van der Waals surface area contributed by atoms with Gasteiger partial charge in [0.1, 0.15) is 12.4 Å². The Bertz CT molecular complexity index is 1190. The van der Waals surface area contributed by atoms with E-state index >= 15 is 0 Å². The predicted molar refractivity (Wildman–Crippen MR) is 112 cm³/mol. The van der Waals surface area contributed by atoms with Gasteiger partial charge in [-0.25, -0.2) is 4.39 Å². The fraction of sp³-hybridized carbons (Fsp3) is 0.0952. The fourth-order valence-corrected chi connectivity index (χ4v) is 3.78. The van der Waals surface area contributed by atoms with E-state index in [-0.39, 0.29) is 18.3 Å². The molecule has 8 nitrogen and oxygen atoms in total. The Morgan fingerprint density at radius 2 is 1.84 bits per heavy atom. The van der Waals surface area contributed by atoms with Crippen molar-refractivity contribution in [2.24, 2.45) is 5.73 Å². The van der Waals surface area contributed by atoms with Gasteiger partial charge in [-0.3, -0.25) is 9.59 Å². The lowest BCUT2D eigenvalue weighted by Gasteiger charge is -2.18. The first kappa shape index (κ1) is 20.4. The van der Waals surface area contributed by atoms with Crippen molar-refractivity contribution < 1.29 is 14.0 Å². The molecule has 2 aromatic heterocycles. The van der Waals surface area contributed by atoms with Gasteiger partial charge in [0.15, 0.2) is 0 Å². The first-order valence-corrected chi connectivity index (χ1v) is 10.1. The van der Waals surface area contributed by atoms with E-state index in [9.17, 15) is 14.0 Å². The van der Waals surface area contributed by atoms with Gasteiger partial charge in [0.2, 0.25) is 17.6 Å². The fourth-order valence-electron chi connectivity index (χ4n) is 2.97. The molecule has 0 aliphatic carbocycles.